The molecule has 0 amide bonds. The Hall–Kier alpha value is -6.18. The molecule has 0 N–H and O–H groups in total. The molecule has 1 fully saturated rings. The van der Waals surface area contributed by atoms with Crippen LogP contribution in [0.2, 0.25) is 0 Å². The second-order valence-corrected chi connectivity index (χ2v) is 16.4. The van der Waals surface area contributed by atoms with Gasteiger partial charge in [-0.2, -0.15) is 0 Å². The molecule has 55 heavy (non-hydrogen) atoms. The molecular formula is C54H43N. The summed E-state index contributed by atoms with van der Waals surface area (Å²) in [5, 5.41) is 2.55. The highest BCUT2D eigenvalue weighted by Crippen LogP contribution is 2.58. The highest BCUT2D eigenvalue weighted by Gasteiger charge is 2.45. The van der Waals surface area contributed by atoms with Gasteiger partial charge in [0.2, 0.25) is 0 Å². The third kappa shape index (κ3) is 4.79. The van der Waals surface area contributed by atoms with E-state index in [0.717, 1.165) is 11.4 Å². The van der Waals surface area contributed by atoms with E-state index < -0.39 is 0 Å². The molecule has 1 nitrogen and oxygen atoms in total. The van der Waals surface area contributed by atoms with E-state index in [1.807, 2.05) is 0 Å². The summed E-state index contributed by atoms with van der Waals surface area (Å²) in [7, 11) is 0. The molecule has 0 aliphatic heterocycles. The standard InChI is InChI=1S/C54H43N/c1-53(2)49-21-7-5-17-46(49)48-20-12-19-44(52(48)53)38-25-29-40(30-26-38)55(39-27-23-37(24-28-39)43-18-11-14-36-13-3-4-15-42(36)43)41-31-32-47-45-16-6-8-22-50(45)54(51(47)35-41)33-9-10-34-54/h3-8,11-32,35H,9-10,33-34H2,1-2H3. The van der Waals surface area contributed by atoms with Gasteiger partial charge in [0.25, 0.3) is 0 Å². The van der Waals surface area contributed by atoms with E-state index in [4.69, 9.17) is 0 Å². The fraction of sp³-hybridized carbons (Fsp3) is 0.148. The molecule has 0 saturated heterocycles. The van der Waals surface area contributed by atoms with Crippen LogP contribution in [0.25, 0.3) is 55.3 Å². The maximum atomic E-state index is 2.52. The number of nitrogens with zero attached hydrogens (tertiary/aromatic N) is 1. The van der Waals surface area contributed by atoms with E-state index >= 15 is 0 Å². The first-order chi connectivity index (χ1) is 27.0. The van der Waals surface area contributed by atoms with Gasteiger partial charge in [0, 0.05) is 27.9 Å². The first kappa shape index (κ1) is 32.3. The van der Waals surface area contributed by atoms with Crippen molar-refractivity contribution in [2.45, 2.75) is 50.4 Å². The zero-order valence-corrected chi connectivity index (χ0v) is 31.5. The Kier molecular flexibility index (Phi) is 7.14. The summed E-state index contributed by atoms with van der Waals surface area (Å²) in [6, 6.07) is 66.0. The van der Waals surface area contributed by atoms with Gasteiger partial charge < -0.3 is 4.90 Å². The maximum absolute atomic E-state index is 2.52. The van der Waals surface area contributed by atoms with E-state index in [1.54, 1.807) is 0 Å². The van der Waals surface area contributed by atoms with Gasteiger partial charge in [0.1, 0.15) is 0 Å². The average Bonchev–Trinajstić information content (AvgIpc) is 3.91. The van der Waals surface area contributed by atoms with E-state index in [0.29, 0.717) is 0 Å². The van der Waals surface area contributed by atoms with E-state index in [2.05, 4.69) is 195 Å². The molecule has 0 atom stereocenters. The smallest absolute Gasteiger partial charge is 0.0465 e. The fourth-order valence-electron chi connectivity index (χ4n) is 10.7. The van der Waals surface area contributed by atoms with Crippen LogP contribution in [0.4, 0.5) is 17.1 Å². The Balaban J connectivity index is 1.04. The van der Waals surface area contributed by atoms with Gasteiger partial charge in [0.15, 0.2) is 0 Å². The predicted molar refractivity (Wildman–Crippen MR) is 232 cm³/mol. The molecule has 0 radical (unpaired) electrons. The van der Waals surface area contributed by atoms with Gasteiger partial charge in [-0.15, -0.1) is 0 Å². The molecule has 11 rings (SSSR count). The lowest BCUT2D eigenvalue weighted by atomic mass is 9.76. The third-order valence-corrected chi connectivity index (χ3v) is 13.2. The average molecular weight is 706 g/mol. The summed E-state index contributed by atoms with van der Waals surface area (Å²) in [5.74, 6) is 0. The fourth-order valence-corrected chi connectivity index (χ4v) is 10.7. The Morgan fingerprint density at radius 2 is 0.909 bits per heavy atom. The molecule has 264 valence electrons. The number of hydrogen-bond donors (Lipinski definition) is 0. The van der Waals surface area contributed by atoms with E-state index in [-0.39, 0.29) is 10.8 Å². The molecular weight excluding hydrogens is 663 g/mol. The molecule has 0 unspecified atom stereocenters. The first-order valence-electron chi connectivity index (χ1n) is 20.0. The van der Waals surface area contributed by atoms with Crippen LogP contribution in [-0.4, -0.2) is 0 Å². The van der Waals surface area contributed by atoms with Gasteiger partial charge >= 0.3 is 0 Å². The van der Waals surface area contributed by atoms with Crippen LogP contribution in [0.1, 0.15) is 61.8 Å². The minimum atomic E-state index is -0.0722. The molecule has 8 aromatic rings. The highest BCUT2D eigenvalue weighted by atomic mass is 15.1. The van der Waals surface area contributed by atoms with Crippen molar-refractivity contribution in [2.75, 3.05) is 4.90 Å². The van der Waals surface area contributed by atoms with Crippen LogP contribution in [0, 0.1) is 0 Å². The lowest BCUT2D eigenvalue weighted by Crippen LogP contribution is -2.21. The Morgan fingerprint density at radius 1 is 0.400 bits per heavy atom. The van der Waals surface area contributed by atoms with E-state index in [1.165, 1.54) is 109 Å². The second kappa shape index (κ2) is 12.2. The van der Waals surface area contributed by atoms with Crippen LogP contribution >= 0.6 is 0 Å². The number of rotatable bonds is 5. The molecule has 3 aliphatic rings. The van der Waals surface area contributed by atoms with Crippen molar-refractivity contribution in [1.29, 1.82) is 0 Å². The lowest BCUT2D eigenvalue weighted by Gasteiger charge is -2.30. The summed E-state index contributed by atoms with van der Waals surface area (Å²) in [4.78, 5) is 2.47. The Labute approximate surface area is 324 Å². The zero-order valence-electron chi connectivity index (χ0n) is 31.5. The van der Waals surface area contributed by atoms with Gasteiger partial charge in [-0.25, -0.2) is 0 Å². The minimum Gasteiger partial charge on any atom is -0.310 e. The van der Waals surface area contributed by atoms with Crippen molar-refractivity contribution in [3.05, 3.63) is 198 Å². The van der Waals surface area contributed by atoms with Gasteiger partial charge in [-0.3, -0.25) is 0 Å². The summed E-state index contributed by atoms with van der Waals surface area (Å²) in [6.07, 6.45) is 5.00. The number of anilines is 3. The predicted octanol–water partition coefficient (Wildman–Crippen LogP) is 14.8. The Morgan fingerprint density at radius 3 is 1.65 bits per heavy atom. The summed E-state index contributed by atoms with van der Waals surface area (Å²) >= 11 is 0. The molecule has 0 heterocycles. The van der Waals surface area contributed by atoms with E-state index in [9.17, 15) is 0 Å². The maximum Gasteiger partial charge on any atom is 0.0465 e. The monoisotopic (exact) mass is 705 g/mol. The lowest BCUT2D eigenvalue weighted by molar-refractivity contribution is 0.550. The van der Waals surface area contributed by atoms with Crippen LogP contribution < -0.4 is 4.90 Å². The van der Waals surface area contributed by atoms with Crippen molar-refractivity contribution in [1.82, 2.24) is 0 Å². The molecule has 1 heteroatoms. The Bertz CT molecular complexity index is 2770. The normalized spacial score (nSPS) is 15.5. The minimum absolute atomic E-state index is 0.0722. The van der Waals surface area contributed by atoms with Crippen molar-refractivity contribution in [2.24, 2.45) is 0 Å². The van der Waals surface area contributed by atoms with Crippen LogP contribution in [0.15, 0.2) is 176 Å². The zero-order chi connectivity index (χ0) is 36.7. The van der Waals surface area contributed by atoms with Gasteiger partial charge in [0.05, 0.1) is 0 Å². The largest absolute Gasteiger partial charge is 0.310 e. The quantitative estimate of drug-likeness (QED) is 0.172. The van der Waals surface area contributed by atoms with Crippen molar-refractivity contribution >= 4 is 27.8 Å². The molecule has 1 saturated carbocycles. The molecule has 3 aliphatic carbocycles. The molecule has 1 spiro atoms. The van der Waals surface area contributed by atoms with Crippen LogP contribution in [-0.2, 0) is 10.8 Å². The SMILES string of the molecule is CC1(C)c2ccccc2-c2cccc(-c3ccc(N(c4ccc(-c5cccc6ccccc56)cc4)c4ccc5c(c4)C4(CCCC4)c4ccccc4-5)cc3)c21. The summed E-state index contributed by atoms with van der Waals surface area (Å²) in [6.45, 7) is 4.75. The number of benzene rings is 8. The molecule has 0 bridgehead atoms. The van der Waals surface area contributed by atoms with Crippen molar-refractivity contribution in [3.63, 3.8) is 0 Å². The summed E-state index contributed by atoms with van der Waals surface area (Å²) in [5.41, 5.74) is 20.0. The number of fused-ring (bicyclic) bond motifs is 9. The van der Waals surface area contributed by atoms with Gasteiger partial charge in [-0.1, -0.05) is 166 Å². The van der Waals surface area contributed by atoms with Crippen molar-refractivity contribution in [3.8, 4) is 44.5 Å². The van der Waals surface area contributed by atoms with Crippen LogP contribution in [0.5, 0.6) is 0 Å². The van der Waals surface area contributed by atoms with Crippen molar-refractivity contribution < 1.29 is 0 Å². The topological polar surface area (TPSA) is 3.24 Å². The van der Waals surface area contributed by atoms with Gasteiger partial charge in [-0.05, 0) is 127 Å². The number of hydrogen-bond acceptors (Lipinski definition) is 1. The molecule has 0 aromatic heterocycles. The van der Waals surface area contributed by atoms with Crippen LogP contribution in [0.3, 0.4) is 0 Å². The second-order valence-electron chi connectivity index (χ2n) is 16.4. The molecule has 8 aromatic carbocycles. The highest BCUT2D eigenvalue weighted by molar-refractivity contribution is 5.97. The first-order valence-corrected chi connectivity index (χ1v) is 20.0. The third-order valence-electron chi connectivity index (χ3n) is 13.2. The summed E-state index contributed by atoms with van der Waals surface area (Å²) < 4.78 is 0.